The fourth-order valence-electron chi connectivity index (χ4n) is 3.34. The third-order valence-corrected chi connectivity index (χ3v) is 5.07. The molecule has 0 saturated carbocycles. The highest BCUT2D eigenvalue weighted by atomic mass is 16.5. The maximum Gasteiger partial charge on any atom is 0.320 e. The Hall–Kier alpha value is -1.06. The fourth-order valence-corrected chi connectivity index (χ4v) is 3.34. The van der Waals surface area contributed by atoms with E-state index in [0.29, 0.717) is 6.42 Å². The summed E-state index contributed by atoms with van der Waals surface area (Å²) < 4.78 is 9.34. The van der Waals surface area contributed by atoms with Crippen LogP contribution in [0.25, 0.3) is 0 Å². The van der Waals surface area contributed by atoms with E-state index in [1.165, 1.54) is 97.7 Å². The van der Waals surface area contributed by atoms with E-state index < -0.39 is 17.9 Å². The molecule has 0 heterocycles. The predicted octanol–water partition coefficient (Wildman–Crippen LogP) is 6.21. The molecule has 0 unspecified atom stereocenters. The third-order valence-electron chi connectivity index (χ3n) is 5.07. The van der Waals surface area contributed by atoms with Gasteiger partial charge in [-0.3, -0.25) is 9.59 Å². The normalized spacial score (nSPS) is 10.9. The van der Waals surface area contributed by atoms with E-state index in [0.717, 1.165) is 12.8 Å². The van der Waals surface area contributed by atoms with Crippen LogP contribution in [-0.4, -0.2) is 26.2 Å². The van der Waals surface area contributed by atoms with Crippen molar-refractivity contribution in [1.82, 2.24) is 0 Å². The van der Waals surface area contributed by atoms with E-state index in [2.05, 4.69) is 16.4 Å². The quantitative estimate of drug-likeness (QED) is 0.163. The van der Waals surface area contributed by atoms with Crippen molar-refractivity contribution in [2.75, 3.05) is 14.2 Å². The van der Waals surface area contributed by atoms with Crippen LogP contribution in [0.3, 0.4) is 0 Å². The topological polar surface area (TPSA) is 52.6 Å². The van der Waals surface area contributed by atoms with E-state index in [-0.39, 0.29) is 0 Å². The molecule has 0 atom stereocenters. The second kappa shape index (κ2) is 18.7. The Morgan fingerprint density at radius 3 is 1.19 bits per heavy atom. The molecule has 0 aromatic rings. The summed E-state index contributed by atoms with van der Waals surface area (Å²) >= 11 is 0. The Kier molecular flexibility index (Phi) is 18.0. The van der Waals surface area contributed by atoms with Gasteiger partial charge in [0.25, 0.3) is 0 Å². The fraction of sp³-hybridized carbons (Fsp3) is 0.909. The SMILES string of the molecule is CCCCCCCCCCCCCCCCCC(C(=O)OC)C(=O)OC. The van der Waals surface area contributed by atoms with Crippen LogP contribution in [0.1, 0.15) is 110 Å². The molecule has 0 radical (unpaired) electrons. The Labute approximate surface area is 161 Å². The third kappa shape index (κ3) is 14.1. The number of hydrogen-bond acceptors (Lipinski definition) is 4. The van der Waals surface area contributed by atoms with Gasteiger partial charge in [0.2, 0.25) is 0 Å². The van der Waals surface area contributed by atoms with Crippen molar-refractivity contribution in [3.63, 3.8) is 0 Å². The van der Waals surface area contributed by atoms with E-state index in [4.69, 9.17) is 0 Å². The van der Waals surface area contributed by atoms with Gasteiger partial charge in [0.05, 0.1) is 14.2 Å². The van der Waals surface area contributed by atoms with Crippen LogP contribution in [0, 0.1) is 5.92 Å². The molecule has 0 aromatic heterocycles. The molecule has 4 heteroatoms. The van der Waals surface area contributed by atoms with E-state index in [9.17, 15) is 9.59 Å². The summed E-state index contributed by atoms with van der Waals surface area (Å²) in [6.07, 6.45) is 20.0. The minimum absolute atomic E-state index is 0.484. The number of ether oxygens (including phenoxy) is 2. The van der Waals surface area contributed by atoms with Gasteiger partial charge in [0, 0.05) is 0 Å². The molecule has 0 aliphatic carbocycles. The van der Waals surface area contributed by atoms with Crippen LogP contribution in [0.15, 0.2) is 0 Å². The summed E-state index contributed by atoms with van der Waals surface area (Å²) in [6.45, 7) is 2.27. The summed E-state index contributed by atoms with van der Waals surface area (Å²) in [5.74, 6) is -1.73. The first-order valence-corrected chi connectivity index (χ1v) is 10.8. The summed E-state index contributed by atoms with van der Waals surface area (Å²) in [6, 6.07) is 0. The smallest absolute Gasteiger partial charge is 0.320 e. The molecule has 0 saturated heterocycles. The summed E-state index contributed by atoms with van der Waals surface area (Å²) in [5.41, 5.74) is 0. The van der Waals surface area contributed by atoms with Crippen LogP contribution >= 0.6 is 0 Å². The lowest BCUT2D eigenvalue weighted by atomic mass is 10.00. The molecule has 0 bridgehead atoms. The van der Waals surface area contributed by atoms with Crippen molar-refractivity contribution in [3.8, 4) is 0 Å². The molecule has 0 spiro atoms. The van der Waals surface area contributed by atoms with Crippen LogP contribution in [0.5, 0.6) is 0 Å². The standard InChI is InChI=1S/C22H42O4/c1-4-5-6-7-8-9-10-11-12-13-14-15-16-17-18-19-20(21(23)25-2)22(24)26-3/h20H,4-19H2,1-3H3. The van der Waals surface area contributed by atoms with Gasteiger partial charge < -0.3 is 9.47 Å². The summed E-state index contributed by atoms with van der Waals surface area (Å²) in [4.78, 5) is 23.1. The molecular weight excluding hydrogens is 328 g/mol. The lowest BCUT2D eigenvalue weighted by Gasteiger charge is -2.11. The Bertz CT molecular complexity index is 325. The van der Waals surface area contributed by atoms with Crippen molar-refractivity contribution in [2.24, 2.45) is 5.92 Å². The molecular formula is C22H42O4. The minimum Gasteiger partial charge on any atom is -0.468 e. The highest BCUT2D eigenvalue weighted by Crippen LogP contribution is 2.16. The number of unbranched alkanes of at least 4 members (excludes halogenated alkanes) is 14. The predicted molar refractivity (Wildman–Crippen MR) is 107 cm³/mol. The van der Waals surface area contributed by atoms with Crippen LogP contribution in [0.4, 0.5) is 0 Å². The van der Waals surface area contributed by atoms with Gasteiger partial charge in [0.1, 0.15) is 0 Å². The van der Waals surface area contributed by atoms with E-state index in [1.54, 1.807) is 0 Å². The zero-order chi connectivity index (χ0) is 19.5. The number of rotatable bonds is 18. The molecule has 0 fully saturated rings. The van der Waals surface area contributed by atoms with Crippen LogP contribution in [-0.2, 0) is 19.1 Å². The minimum atomic E-state index is -0.757. The van der Waals surface area contributed by atoms with Crippen molar-refractivity contribution < 1.29 is 19.1 Å². The molecule has 0 N–H and O–H groups in total. The van der Waals surface area contributed by atoms with Crippen molar-refractivity contribution in [3.05, 3.63) is 0 Å². The van der Waals surface area contributed by atoms with Gasteiger partial charge in [0.15, 0.2) is 5.92 Å². The first kappa shape index (κ1) is 24.9. The van der Waals surface area contributed by atoms with Gasteiger partial charge in [-0.05, 0) is 6.42 Å². The van der Waals surface area contributed by atoms with E-state index >= 15 is 0 Å². The average Bonchev–Trinajstić information content (AvgIpc) is 2.66. The van der Waals surface area contributed by atoms with E-state index in [1.807, 2.05) is 0 Å². The Morgan fingerprint density at radius 1 is 0.577 bits per heavy atom. The van der Waals surface area contributed by atoms with Crippen molar-refractivity contribution >= 4 is 11.9 Å². The Morgan fingerprint density at radius 2 is 0.885 bits per heavy atom. The first-order chi connectivity index (χ1) is 12.7. The number of carbonyl (C=O) groups is 2. The molecule has 0 aromatic carbocycles. The molecule has 154 valence electrons. The molecule has 0 aliphatic heterocycles. The highest BCUT2D eigenvalue weighted by Gasteiger charge is 2.27. The monoisotopic (exact) mass is 370 g/mol. The highest BCUT2D eigenvalue weighted by molar-refractivity contribution is 5.94. The van der Waals surface area contributed by atoms with Gasteiger partial charge in [-0.1, -0.05) is 103 Å². The summed E-state index contributed by atoms with van der Waals surface area (Å²) in [5, 5.41) is 0. The lowest BCUT2D eigenvalue weighted by molar-refractivity contribution is -0.159. The van der Waals surface area contributed by atoms with Crippen molar-refractivity contribution in [2.45, 2.75) is 110 Å². The zero-order valence-corrected chi connectivity index (χ0v) is 17.5. The maximum atomic E-state index is 11.6. The van der Waals surface area contributed by atoms with Crippen LogP contribution in [0.2, 0.25) is 0 Å². The number of hydrogen-bond donors (Lipinski definition) is 0. The number of esters is 2. The first-order valence-electron chi connectivity index (χ1n) is 10.8. The van der Waals surface area contributed by atoms with Gasteiger partial charge >= 0.3 is 11.9 Å². The molecule has 0 amide bonds. The summed E-state index contributed by atoms with van der Waals surface area (Å²) in [7, 11) is 2.62. The van der Waals surface area contributed by atoms with Gasteiger partial charge in [-0.25, -0.2) is 0 Å². The number of carbonyl (C=O) groups excluding carboxylic acids is 2. The average molecular weight is 371 g/mol. The molecule has 26 heavy (non-hydrogen) atoms. The maximum absolute atomic E-state index is 11.6. The van der Waals surface area contributed by atoms with Crippen LogP contribution < -0.4 is 0 Å². The largest absolute Gasteiger partial charge is 0.468 e. The van der Waals surface area contributed by atoms with Gasteiger partial charge in [-0.2, -0.15) is 0 Å². The second-order valence-electron chi connectivity index (χ2n) is 7.34. The molecule has 0 rings (SSSR count). The zero-order valence-electron chi connectivity index (χ0n) is 17.5. The Balaban J connectivity index is 3.40. The second-order valence-corrected chi connectivity index (χ2v) is 7.34. The molecule has 4 nitrogen and oxygen atoms in total. The van der Waals surface area contributed by atoms with Gasteiger partial charge in [-0.15, -0.1) is 0 Å². The molecule has 0 aliphatic rings. The number of methoxy groups -OCH3 is 2. The van der Waals surface area contributed by atoms with Crippen molar-refractivity contribution in [1.29, 1.82) is 0 Å². The lowest BCUT2D eigenvalue weighted by Crippen LogP contribution is -2.26.